The normalized spacial score (nSPS) is 20.8. The highest BCUT2D eigenvalue weighted by Gasteiger charge is 2.17. The third-order valence-electron chi connectivity index (χ3n) is 3.05. The molecule has 1 fully saturated rings. The highest BCUT2D eigenvalue weighted by molar-refractivity contribution is 4.72. The molecule has 0 aliphatic carbocycles. The Morgan fingerprint density at radius 1 is 1.31 bits per heavy atom. The summed E-state index contributed by atoms with van der Waals surface area (Å²) in [6.45, 7) is 7.44. The molecule has 2 heteroatoms. The van der Waals surface area contributed by atoms with Gasteiger partial charge in [0.15, 0.2) is 0 Å². The summed E-state index contributed by atoms with van der Waals surface area (Å²) in [6.07, 6.45) is 5.51. The number of nitrogens with one attached hydrogen (secondary N) is 1. The molecular weight excluding hydrogens is 160 g/mol. The maximum Gasteiger partial charge on any atom is -0.00161 e. The van der Waals surface area contributed by atoms with Gasteiger partial charge in [0.05, 0.1) is 0 Å². The van der Waals surface area contributed by atoms with Crippen molar-refractivity contribution in [3.8, 4) is 0 Å². The van der Waals surface area contributed by atoms with Crippen LogP contribution in [0.15, 0.2) is 0 Å². The second kappa shape index (κ2) is 6.39. The fourth-order valence-electron chi connectivity index (χ4n) is 2.16. The first-order valence-electron chi connectivity index (χ1n) is 5.73. The molecule has 78 valence electrons. The Morgan fingerprint density at radius 2 is 2.00 bits per heavy atom. The lowest BCUT2D eigenvalue weighted by atomic mass is 9.93. The first-order chi connectivity index (χ1) is 6.36. The zero-order valence-electron chi connectivity index (χ0n) is 9.18. The summed E-state index contributed by atoms with van der Waals surface area (Å²) in [5.41, 5.74) is 0. The van der Waals surface area contributed by atoms with E-state index in [4.69, 9.17) is 0 Å². The zero-order valence-corrected chi connectivity index (χ0v) is 9.18. The Bertz CT molecular complexity index is 117. The van der Waals surface area contributed by atoms with Crippen molar-refractivity contribution in [2.75, 3.05) is 33.2 Å². The number of hydrogen-bond acceptors (Lipinski definition) is 2. The van der Waals surface area contributed by atoms with Crippen LogP contribution in [0.4, 0.5) is 0 Å². The molecule has 0 spiro atoms. The highest BCUT2D eigenvalue weighted by Crippen LogP contribution is 2.19. The topological polar surface area (TPSA) is 15.3 Å². The van der Waals surface area contributed by atoms with Crippen LogP contribution in [0.5, 0.6) is 0 Å². The van der Waals surface area contributed by atoms with Gasteiger partial charge in [-0.15, -0.1) is 0 Å². The molecule has 0 amide bonds. The maximum absolute atomic E-state index is 3.24. The summed E-state index contributed by atoms with van der Waals surface area (Å²) in [5.74, 6) is 0.987. The van der Waals surface area contributed by atoms with E-state index in [1.54, 1.807) is 0 Å². The van der Waals surface area contributed by atoms with Crippen molar-refractivity contribution in [2.45, 2.75) is 32.6 Å². The first kappa shape index (κ1) is 11.0. The van der Waals surface area contributed by atoms with Gasteiger partial charge < -0.3 is 10.2 Å². The molecule has 1 aliphatic rings. The van der Waals surface area contributed by atoms with E-state index >= 15 is 0 Å². The molecule has 0 radical (unpaired) electrons. The van der Waals surface area contributed by atoms with E-state index in [-0.39, 0.29) is 0 Å². The SMILES string of the molecule is CCCN1CCC(CCNC)CC1. The van der Waals surface area contributed by atoms with Gasteiger partial charge in [-0.25, -0.2) is 0 Å². The molecule has 0 atom stereocenters. The van der Waals surface area contributed by atoms with Gasteiger partial charge in [0.25, 0.3) is 0 Å². The van der Waals surface area contributed by atoms with Crippen molar-refractivity contribution >= 4 is 0 Å². The largest absolute Gasteiger partial charge is 0.320 e. The lowest BCUT2D eigenvalue weighted by molar-refractivity contribution is 0.179. The predicted octanol–water partition coefficient (Wildman–Crippen LogP) is 1.72. The molecule has 1 N–H and O–H groups in total. The van der Waals surface area contributed by atoms with Crippen LogP contribution in [0.25, 0.3) is 0 Å². The average Bonchev–Trinajstić information content (AvgIpc) is 2.17. The Hall–Kier alpha value is -0.0800. The fourth-order valence-corrected chi connectivity index (χ4v) is 2.16. The van der Waals surface area contributed by atoms with Crippen LogP contribution in [0.2, 0.25) is 0 Å². The van der Waals surface area contributed by atoms with Gasteiger partial charge in [-0.1, -0.05) is 6.92 Å². The van der Waals surface area contributed by atoms with Gasteiger partial charge in [0, 0.05) is 0 Å². The summed E-state index contributed by atoms with van der Waals surface area (Å²) in [5, 5.41) is 3.24. The molecule has 0 unspecified atom stereocenters. The van der Waals surface area contributed by atoms with Crippen molar-refractivity contribution in [3.05, 3.63) is 0 Å². The minimum Gasteiger partial charge on any atom is -0.320 e. The average molecular weight is 184 g/mol. The van der Waals surface area contributed by atoms with Crippen molar-refractivity contribution in [2.24, 2.45) is 5.92 Å². The third-order valence-corrected chi connectivity index (χ3v) is 3.05. The summed E-state index contributed by atoms with van der Waals surface area (Å²) in [4.78, 5) is 2.61. The van der Waals surface area contributed by atoms with Crippen molar-refractivity contribution in [1.29, 1.82) is 0 Å². The van der Waals surface area contributed by atoms with Crippen LogP contribution in [0.1, 0.15) is 32.6 Å². The zero-order chi connectivity index (χ0) is 9.52. The van der Waals surface area contributed by atoms with Crippen LogP contribution < -0.4 is 5.32 Å². The number of piperidine rings is 1. The van der Waals surface area contributed by atoms with Gasteiger partial charge in [-0.2, -0.15) is 0 Å². The number of likely N-dealkylation sites (tertiary alicyclic amines) is 1. The summed E-state index contributed by atoms with van der Waals surface area (Å²) in [7, 11) is 2.05. The predicted molar refractivity (Wildman–Crippen MR) is 58.0 cm³/mol. The molecule has 13 heavy (non-hydrogen) atoms. The molecule has 0 aromatic carbocycles. The summed E-state index contributed by atoms with van der Waals surface area (Å²) < 4.78 is 0. The van der Waals surface area contributed by atoms with Crippen molar-refractivity contribution in [3.63, 3.8) is 0 Å². The van der Waals surface area contributed by atoms with E-state index in [1.165, 1.54) is 51.9 Å². The molecule has 1 heterocycles. The lowest BCUT2D eigenvalue weighted by Gasteiger charge is -2.31. The van der Waals surface area contributed by atoms with E-state index in [0.29, 0.717) is 0 Å². The molecule has 1 saturated heterocycles. The standard InChI is InChI=1S/C11H24N2/c1-3-8-13-9-5-11(6-10-13)4-7-12-2/h11-12H,3-10H2,1-2H3. The fraction of sp³-hybridized carbons (Fsp3) is 1.00. The van der Waals surface area contributed by atoms with E-state index in [9.17, 15) is 0 Å². The summed E-state index contributed by atoms with van der Waals surface area (Å²) in [6, 6.07) is 0. The number of rotatable bonds is 5. The lowest BCUT2D eigenvalue weighted by Crippen LogP contribution is -2.34. The van der Waals surface area contributed by atoms with E-state index < -0.39 is 0 Å². The van der Waals surface area contributed by atoms with E-state index in [2.05, 4.69) is 17.1 Å². The Balaban J connectivity index is 2.08. The molecule has 2 nitrogen and oxygen atoms in total. The molecule has 0 bridgehead atoms. The Kier molecular flexibility index (Phi) is 5.40. The van der Waals surface area contributed by atoms with Crippen LogP contribution in [-0.2, 0) is 0 Å². The van der Waals surface area contributed by atoms with Gasteiger partial charge in [0.2, 0.25) is 0 Å². The molecule has 0 saturated carbocycles. The van der Waals surface area contributed by atoms with Crippen molar-refractivity contribution < 1.29 is 0 Å². The molecule has 1 aliphatic heterocycles. The molecule has 1 rings (SSSR count). The van der Waals surface area contributed by atoms with Gasteiger partial charge in [-0.05, 0) is 64.8 Å². The molecule has 0 aromatic rings. The van der Waals surface area contributed by atoms with E-state index in [0.717, 1.165) is 5.92 Å². The van der Waals surface area contributed by atoms with Crippen LogP contribution in [-0.4, -0.2) is 38.1 Å². The van der Waals surface area contributed by atoms with Crippen molar-refractivity contribution in [1.82, 2.24) is 10.2 Å². The molecule has 0 aromatic heterocycles. The first-order valence-corrected chi connectivity index (χ1v) is 5.73. The number of hydrogen-bond donors (Lipinski definition) is 1. The van der Waals surface area contributed by atoms with Gasteiger partial charge in [0.1, 0.15) is 0 Å². The monoisotopic (exact) mass is 184 g/mol. The van der Waals surface area contributed by atoms with Gasteiger partial charge in [-0.3, -0.25) is 0 Å². The van der Waals surface area contributed by atoms with Crippen LogP contribution in [0, 0.1) is 5.92 Å². The van der Waals surface area contributed by atoms with Gasteiger partial charge >= 0.3 is 0 Å². The Morgan fingerprint density at radius 3 is 2.54 bits per heavy atom. The second-order valence-corrected chi connectivity index (χ2v) is 4.18. The van der Waals surface area contributed by atoms with Crippen LogP contribution in [0.3, 0.4) is 0 Å². The quantitative estimate of drug-likeness (QED) is 0.700. The number of nitrogens with zero attached hydrogens (tertiary/aromatic N) is 1. The Labute approximate surface area is 82.7 Å². The van der Waals surface area contributed by atoms with E-state index in [1.807, 2.05) is 7.05 Å². The minimum atomic E-state index is 0.987. The third kappa shape index (κ3) is 4.10. The van der Waals surface area contributed by atoms with Crippen LogP contribution >= 0.6 is 0 Å². The smallest absolute Gasteiger partial charge is 0.00161 e. The molecular formula is C11H24N2. The minimum absolute atomic E-state index is 0.987. The maximum atomic E-state index is 3.24. The second-order valence-electron chi connectivity index (χ2n) is 4.18. The highest BCUT2D eigenvalue weighted by atomic mass is 15.1. The summed E-state index contributed by atoms with van der Waals surface area (Å²) >= 11 is 0.